The van der Waals surface area contributed by atoms with Crippen molar-refractivity contribution in [2.45, 2.75) is 32.6 Å². The molecular formula is C27H30N4O4S2. The molecule has 1 aromatic carbocycles. The lowest BCUT2D eigenvalue weighted by Crippen LogP contribution is -2.36. The van der Waals surface area contributed by atoms with Crippen LogP contribution in [-0.2, 0) is 18.3 Å². The molecule has 0 unspecified atom stereocenters. The minimum Gasteiger partial charge on any atom is -0.493 e. The van der Waals surface area contributed by atoms with Gasteiger partial charge < -0.3 is 14.4 Å². The van der Waals surface area contributed by atoms with Crippen LogP contribution >= 0.6 is 24.0 Å². The van der Waals surface area contributed by atoms with Crippen molar-refractivity contribution in [2.75, 3.05) is 38.8 Å². The first-order chi connectivity index (χ1) is 17.8. The van der Waals surface area contributed by atoms with Crippen LogP contribution in [0.3, 0.4) is 0 Å². The molecule has 0 spiro atoms. The van der Waals surface area contributed by atoms with Crippen LogP contribution in [0, 0.1) is 18.3 Å². The molecule has 0 N–H and O–H groups in total. The number of thiocarbonyl (C=S) groups is 1. The van der Waals surface area contributed by atoms with Gasteiger partial charge in [-0.2, -0.15) is 5.26 Å². The number of amides is 1. The quantitative estimate of drug-likeness (QED) is 0.386. The molecular weight excluding hydrogens is 508 g/mol. The van der Waals surface area contributed by atoms with E-state index in [2.05, 4.69) is 11.0 Å². The molecule has 0 radical (unpaired) electrons. The molecule has 10 heteroatoms. The van der Waals surface area contributed by atoms with Crippen LogP contribution < -0.4 is 19.9 Å². The van der Waals surface area contributed by atoms with Crippen LogP contribution in [0.5, 0.6) is 11.5 Å². The average molecular weight is 539 g/mol. The number of nitriles is 1. The Kier molecular flexibility index (Phi) is 8.25. The predicted octanol–water partition coefficient (Wildman–Crippen LogP) is 4.02. The van der Waals surface area contributed by atoms with Gasteiger partial charge in [0, 0.05) is 32.2 Å². The fraction of sp³-hybridized carbons (Fsp3) is 0.407. The second kappa shape index (κ2) is 11.4. The summed E-state index contributed by atoms with van der Waals surface area (Å²) >= 11 is 6.81. The second-order valence-corrected chi connectivity index (χ2v) is 10.7. The maximum atomic E-state index is 13.4. The first-order valence-corrected chi connectivity index (χ1v) is 13.4. The summed E-state index contributed by atoms with van der Waals surface area (Å²) in [5, 5.41) is 9.68. The number of carbonyl (C=O) groups is 1. The average Bonchev–Trinajstić information content (AvgIpc) is 3.18. The highest BCUT2D eigenvalue weighted by atomic mass is 32.2. The van der Waals surface area contributed by atoms with Gasteiger partial charge in [0.25, 0.3) is 11.5 Å². The van der Waals surface area contributed by atoms with Crippen molar-refractivity contribution in [1.82, 2.24) is 9.47 Å². The van der Waals surface area contributed by atoms with E-state index in [9.17, 15) is 14.9 Å². The number of methoxy groups -OCH3 is 2. The molecule has 2 fully saturated rings. The highest BCUT2D eigenvalue weighted by Crippen LogP contribution is 2.36. The van der Waals surface area contributed by atoms with E-state index in [0.717, 1.165) is 49.3 Å². The van der Waals surface area contributed by atoms with Gasteiger partial charge in [0.1, 0.15) is 21.8 Å². The highest BCUT2D eigenvalue weighted by Gasteiger charge is 2.33. The van der Waals surface area contributed by atoms with Gasteiger partial charge in [-0.15, -0.1) is 0 Å². The Morgan fingerprint density at radius 1 is 1.14 bits per heavy atom. The van der Waals surface area contributed by atoms with Crippen molar-refractivity contribution < 1.29 is 14.3 Å². The number of hydrogen-bond donors (Lipinski definition) is 0. The minimum atomic E-state index is -0.319. The fourth-order valence-corrected chi connectivity index (χ4v) is 6.09. The van der Waals surface area contributed by atoms with Gasteiger partial charge >= 0.3 is 0 Å². The van der Waals surface area contributed by atoms with Crippen molar-refractivity contribution in [2.24, 2.45) is 7.05 Å². The van der Waals surface area contributed by atoms with Crippen LogP contribution in [0.25, 0.3) is 6.08 Å². The third kappa shape index (κ3) is 5.24. The summed E-state index contributed by atoms with van der Waals surface area (Å²) in [6, 6.07) is 7.74. The molecule has 2 aliphatic heterocycles. The summed E-state index contributed by atoms with van der Waals surface area (Å²) in [4.78, 5) is 30.6. The van der Waals surface area contributed by atoms with E-state index < -0.39 is 0 Å². The predicted molar refractivity (Wildman–Crippen MR) is 150 cm³/mol. The minimum absolute atomic E-state index is 0.0958. The van der Waals surface area contributed by atoms with Crippen molar-refractivity contribution in [3.05, 3.63) is 55.7 Å². The number of piperidine rings is 1. The zero-order valence-electron chi connectivity index (χ0n) is 21.5. The third-order valence-electron chi connectivity index (χ3n) is 6.84. The summed E-state index contributed by atoms with van der Waals surface area (Å²) in [5.41, 5.74) is 2.08. The first kappa shape index (κ1) is 26.8. The zero-order chi connectivity index (χ0) is 26.7. The zero-order valence-corrected chi connectivity index (χ0v) is 23.1. The van der Waals surface area contributed by atoms with Crippen LogP contribution in [0.1, 0.15) is 41.5 Å². The standard InChI is InChI=1S/C27H30N4O4S2/c1-17-19(24(30-11-6-5-7-12-30)29(2)25(32)20(17)16-28)15-23-26(33)31(27(36)37-23)13-10-18-8-9-21(34-3)22(14-18)35-4/h8-9,14-15H,5-7,10-13H2,1-4H3. The number of thioether (sulfide) groups is 1. The largest absolute Gasteiger partial charge is 0.493 e. The molecule has 194 valence electrons. The first-order valence-electron chi connectivity index (χ1n) is 12.2. The number of anilines is 1. The topological polar surface area (TPSA) is 87.8 Å². The summed E-state index contributed by atoms with van der Waals surface area (Å²) in [7, 11) is 4.87. The normalized spacial score (nSPS) is 16.9. The molecule has 0 aliphatic carbocycles. The Balaban J connectivity index is 1.65. The van der Waals surface area contributed by atoms with Crippen LogP contribution in [0.4, 0.5) is 5.82 Å². The number of rotatable bonds is 7. The van der Waals surface area contributed by atoms with Crippen molar-refractivity contribution >= 4 is 46.1 Å². The molecule has 2 aromatic rings. The molecule has 0 saturated carbocycles. The van der Waals surface area contributed by atoms with Crippen LogP contribution in [0.15, 0.2) is 27.9 Å². The van der Waals surface area contributed by atoms with Gasteiger partial charge in [-0.1, -0.05) is 30.0 Å². The maximum absolute atomic E-state index is 13.4. The molecule has 0 bridgehead atoms. The van der Waals surface area contributed by atoms with E-state index in [1.165, 1.54) is 11.8 Å². The lowest BCUT2D eigenvalue weighted by atomic mass is 10.0. The molecule has 8 nitrogen and oxygen atoms in total. The van der Waals surface area contributed by atoms with E-state index in [1.807, 2.05) is 18.2 Å². The number of carbonyl (C=O) groups excluding carboxylic acids is 1. The number of pyridine rings is 1. The third-order valence-corrected chi connectivity index (χ3v) is 8.22. The van der Waals surface area contributed by atoms with E-state index in [0.29, 0.717) is 39.3 Å². The van der Waals surface area contributed by atoms with E-state index in [1.54, 1.807) is 43.7 Å². The van der Waals surface area contributed by atoms with Gasteiger partial charge in [-0.05, 0) is 61.9 Å². The number of hydrogen-bond acceptors (Lipinski definition) is 8. The molecule has 0 atom stereocenters. The lowest BCUT2D eigenvalue weighted by Gasteiger charge is -2.32. The fourth-order valence-electron chi connectivity index (χ4n) is 4.80. The Labute approximate surface area is 226 Å². The van der Waals surface area contributed by atoms with Crippen LogP contribution in [0.2, 0.25) is 0 Å². The Bertz CT molecular complexity index is 1370. The van der Waals surface area contributed by atoms with Gasteiger partial charge in [0.05, 0.1) is 19.1 Å². The van der Waals surface area contributed by atoms with Gasteiger partial charge in [-0.25, -0.2) is 0 Å². The number of benzene rings is 1. The summed E-state index contributed by atoms with van der Waals surface area (Å²) in [6.45, 7) is 3.85. The van der Waals surface area contributed by atoms with Gasteiger partial charge in [0.2, 0.25) is 0 Å². The van der Waals surface area contributed by atoms with Gasteiger partial charge in [0.15, 0.2) is 11.5 Å². The Hall–Kier alpha value is -3.29. The summed E-state index contributed by atoms with van der Waals surface area (Å²) in [6.07, 6.45) is 5.61. The molecule has 3 heterocycles. The van der Waals surface area contributed by atoms with E-state index >= 15 is 0 Å². The maximum Gasteiger partial charge on any atom is 0.270 e. The molecule has 2 aliphatic rings. The van der Waals surface area contributed by atoms with Gasteiger partial charge in [-0.3, -0.25) is 19.1 Å². The van der Waals surface area contributed by atoms with E-state index in [-0.39, 0.29) is 17.0 Å². The highest BCUT2D eigenvalue weighted by molar-refractivity contribution is 8.26. The molecule has 37 heavy (non-hydrogen) atoms. The van der Waals surface area contributed by atoms with Crippen molar-refractivity contribution in [3.63, 3.8) is 0 Å². The smallest absolute Gasteiger partial charge is 0.270 e. The number of ether oxygens (including phenoxy) is 2. The monoisotopic (exact) mass is 538 g/mol. The Morgan fingerprint density at radius 2 is 1.84 bits per heavy atom. The molecule has 2 saturated heterocycles. The molecule has 1 amide bonds. The van der Waals surface area contributed by atoms with Crippen LogP contribution in [-0.4, -0.2) is 53.5 Å². The SMILES string of the molecule is COc1ccc(CCN2C(=O)C(=Cc3c(C)c(C#N)c(=O)n(C)c3N3CCCCC3)SC2=S)cc1OC. The van der Waals surface area contributed by atoms with E-state index in [4.69, 9.17) is 21.7 Å². The van der Waals surface area contributed by atoms with Crippen molar-refractivity contribution in [1.29, 1.82) is 5.26 Å². The lowest BCUT2D eigenvalue weighted by molar-refractivity contribution is -0.122. The molecule has 1 aromatic heterocycles. The van der Waals surface area contributed by atoms with Crippen molar-refractivity contribution in [3.8, 4) is 17.6 Å². The Morgan fingerprint density at radius 3 is 2.49 bits per heavy atom. The summed E-state index contributed by atoms with van der Waals surface area (Å²) in [5.74, 6) is 1.85. The summed E-state index contributed by atoms with van der Waals surface area (Å²) < 4.78 is 12.7. The number of nitrogens with zero attached hydrogens (tertiary/aromatic N) is 4. The molecule has 4 rings (SSSR count). The second-order valence-electron chi connectivity index (χ2n) is 9.03. The number of aromatic nitrogens is 1.